The molecule has 0 fully saturated rings. The SMILES string of the molecule is C[C@@H](CO)N(C)C(=O)Nc1ccn(-c2ccc(Cl)cc2Cl)n1. The molecule has 2 N–H and O–H groups in total. The minimum Gasteiger partial charge on any atom is -0.394 e. The van der Waals surface area contributed by atoms with Crippen molar-refractivity contribution in [2.75, 3.05) is 19.0 Å². The van der Waals surface area contributed by atoms with Crippen LogP contribution < -0.4 is 5.32 Å². The quantitative estimate of drug-likeness (QED) is 0.897. The van der Waals surface area contributed by atoms with Gasteiger partial charge in [-0.25, -0.2) is 9.48 Å². The summed E-state index contributed by atoms with van der Waals surface area (Å²) in [4.78, 5) is 13.4. The van der Waals surface area contributed by atoms with Gasteiger partial charge in [-0.1, -0.05) is 23.2 Å². The Morgan fingerprint density at radius 1 is 1.45 bits per heavy atom. The van der Waals surface area contributed by atoms with Crippen molar-refractivity contribution in [3.8, 4) is 5.69 Å². The summed E-state index contributed by atoms with van der Waals surface area (Å²) >= 11 is 12.0. The van der Waals surface area contributed by atoms with Gasteiger partial charge in [0.05, 0.1) is 23.4 Å². The molecule has 1 aromatic heterocycles. The van der Waals surface area contributed by atoms with E-state index in [-0.39, 0.29) is 18.7 Å². The summed E-state index contributed by atoms with van der Waals surface area (Å²) in [6, 6.07) is 6.08. The van der Waals surface area contributed by atoms with Crippen molar-refractivity contribution in [3.05, 3.63) is 40.5 Å². The maximum atomic E-state index is 12.0. The van der Waals surface area contributed by atoms with E-state index < -0.39 is 0 Å². The molecule has 1 aromatic carbocycles. The van der Waals surface area contributed by atoms with Crippen LogP contribution in [-0.4, -0.2) is 45.5 Å². The molecule has 118 valence electrons. The number of benzene rings is 1. The molecule has 0 unspecified atom stereocenters. The number of hydrogen-bond donors (Lipinski definition) is 2. The van der Waals surface area contributed by atoms with Gasteiger partial charge in [-0.3, -0.25) is 5.32 Å². The monoisotopic (exact) mass is 342 g/mol. The lowest BCUT2D eigenvalue weighted by molar-refractivity contribution is 0.166. The third-order valence-electron chi connectivity index (χ3n) is 3.23. The molecule has 0 bridgehead atoms. The second kappa shape index (κ2) is 7.00. The lowest BCUT2D eigenvalue weighted by atomic mass is 10.3. The molecule has 0 radical (unpaired) electrons. The Morgan fingerprint density at radius 2 is 2.18 bits per heavy atom. The number of carbonyl (C=O) groups is 1. The van der Waals surface area contributed by atoms with E-state index in [1.807, 2.05) is 0 Å². The van der Waals surface area contributed by atoms with E-state index in [4.69, 9.17) is 28.3 Å². The lowest BCUT2D eigenvalue weighted by Gasteiger charge is -2.22. The summed E-state index contributed by atoms with van der Waals surface area (Å²) in [6.07, 6.45) is 1.68. The molecule has 8 heteroatoms. The second-order valence-corrected chi connectivity index (χ2v) is 5.66. The maximum Gasteiger partial charge on any atom is 0.323 e. The fourth-order valence-corrected chi connectivity index (χ4v) is 2.21. The summed E-state index contributed by atoms with van der Waals surface area (Å²) in [5.74, 6) is 0.382. The zero-order valence-electron chi connectivity index (χ0n) is 12.1. The standard InChI is InChI=1S/C14H16Cl2N4O2/c1-9(8-21)19(2)14(22)17-13-5-6-20(18-13)12-4-3-10(15)7-11(12)16/h3-7,9,21H,8H2,1-2H3,(H,17,18,22)/t9-/m0/s1. The average molecular weight is 343 g/mol. The van der Waals surface area contributed by atoms with Crippen molar-refractivity contribution in [1.82, 2.24) is 14.7 Å². The number of carbonyl (C=O) groups excluding carboxylic acids is 1. The molecular formula is C14H16Cl2N4O2. The van der Waals surface area contributed by atoms with E-state index in [0.29, 0.717) is 21.6 Å². The summed E-state index contributed by atoms with van der Waals surface area (Å²) in [6.45, 7) is 1.63. The Kier molecular flexibility index (Phi) is 5.28. The van der Waals surface area contributed by atoms with Crippen LogP contribution in [0.3, 0.4) is 0 Å². The largest absolute Gasteiger partial charge is 0.394 e. The number of rotatable bonds is 4. The molecule has 2 aromatic rings. The summed E-state index contributed by atoms with van der Waals surface area (Å²) < 4.78 is 1.55. The predicted octanol–water partition coefficient (Wildman–Crippen LogP) is 3.02. The molecule has 0 saturated heterocycles. The van der Waals surface area contributed by atoms with Crippen molar-refractivity contribution < 1.29 is 9.90 Å². The first-order valence-corrected chi connectivity index (χ1v) is 7.33. The highest BCUT2D eigenvalue weighted by Crippen LogP contribution is 2.24. The number of likely N-dealkylation sites (N-methyl/N-ethyl adjacent to an activating group) is 1. The Hall–Kier alpha value is -1.76. The number of aliphatic hydroxyl groups is 1. The Balaban J connectivity index is 2.13. The van der Waals surface area contributed by atoms with Gasteiger partial charge in [-0.2, -0.15) is 0 Å². The smallest absolute Gasteiger partial charge is 0.323 e. The zero-order valence-corrected chi connectivity index (χ0v) is 13.6. The number of halogens is 2. The van der Waals surface area contributed by atoms with Crippen LogP contribution in [0, 0.1) is 0 Å². The normalized spacial score (nSPS) is 12.0. The molecule has 0 aliphatic rings. The number of aliphatic hydroxyl groups excluding tert-OH is 1. The van der Waals surface area contributed by atoms with Crippen LogP contribution in [0.15, 0.2) is 30.5 Å². The van der Waals surface area contributed by atoms with Gasteiger partial charge in [0, 0.05) is 24.3 Å². The van der Waals surface area contributed by atoms with Crippen LogP contribution in [0.4, 0.5) is 10.6 Å². The van der Waals surface area contributed by atoms with E-state index in [0.717, 1.165) is 0 Å². The number of nitrogens with one attached hydrogen (secondary N) is 1. The minimum absolute atomic E-state index is 0.112. The number of aromatic nitrogens is 2. The highest BCUT2D eigenvalue weighted by atomic mass is 35.5. The van der Waals surface area contributed by atoms with E-state index in [1.165, 1.54) is 4.90 Å². The van der Waals surface area contributed by atoms with Gasteiger partial charge in [-0.15, -0.1) is 5.10 Å². The van der Waals surface area contributed by atoms with Gasteiger partial charge in [0.1, 0.15) is 0 Å². The van der Waals surface area contributed by atoms with Gasteiger partial charge >= 0.3 is 6.03 Å². The Labute approximate surface area is 138 Å². The third-order valence-corrected chi connectivity index (χ3v) is 3.76. The zero-order chi connectivity index (χ0) is 16.3. The molecule has 0 spiro atoms. The second-order valence-electron chi connectivity index (χ2n) is 4.81. The summed E-state index contributed by atoms with van der Waals surface area (Å²) in [7, 11) is 1.60. The first kappa shape index (κ1) is 16.6. The molecule has 2 amide bonds. The van der Waals surface area contributed by atoms with Crippen LogP contribution in [0.25, 0.3) is 5.69 Å². The Bertz CT molecular complexity index is 675. The average Bonchev–Trinajstić information content (AvgIpc) is 2.93. The van der Waals surface area contributed by atoms with E-state index in [2.05, 4.69) is 10.4 Å². The van der Waals surface area contributed by atoms with Crippen LogP contribution >= 0.6 is 23.2 Å². The first-order chi connectivity index (χ1) is 10.4. The fourth-order valence-electron chi connectivity index (χ4n) is 1.71. The number of nitrogens with zero attached hydrogens (tertiary/aromatic N) is 3. The van der Waals surface area contributed by atoms with Crippen molar-refractivity contribution in [3.63, 3.8) is 0 Å². The highest BCUT2D eigenvalue weighted by Gasteiger charge is 2.16. The van der Waals surface area contributed by atoms with Crippen molar-refractivity contribution in [2.45, 2.75) is 13.0 Å². The minimum atomic E-state index is -0.353. The first-order valence-electron chi connectivity index (χ1n) is 6.58. The van der Waals surface area contributed by atoms with Crippen LogP contribution in [0.2, 0.25) is 10.0 Å². The molecule has 0 aliphatic carbocycles. The molecule has 6 nitrogen and oxygen atoms in total. The highest BCUT2D eigenvalue weighted by molar-refractivity contribution is 6.35. The number of amides is 2. The Morgan fingerprint density at radius 3 is 2.82 bits per heavy atom. The third kappa shape index (κ3) is 3.71. The predicted molar refractivity (Wildman–Crippen MR) is 86.9 cm³/mol. The van der Waals surface area contributed by atoms with Crippen molar-refractivity contribution in [1.29, 1.82) is 0 Å². The van der Waals surface area contributed by atoms with E-state index in [9.17, 15) is 4.79 Å². The topological polar surface area (TPSA) is 70.4 Å². The molecular weight excluding hydrogens is 327 g/mol. The van der Waals surface area contributed by atoms with Gasteiger partial charge in [0.25, 0.3) is 0 Å². The molecule has 22 heavy (non-hydrogen) atoms. The number of urea groups is 1. The van der Waals surface area contributed by atoms with Crippen LogP contribution in [0.5, 0.6) is 0 Å². The molecule has 1 atom stereocenters. The van der Waals surface area contributed by atoms with E-state index in [1.54, 1.807) is 49.1 Å². The van der Waals surface area contributed by atoms with Gasteiger partial charge in [0.15, 0.2) is 5.82 Å². The lowest BCUT2D eigenvalue weighted by Crippen LogP contribution is -2.40. The van der Waals surface area contributed by atoms with Crippen LogP contribution in [-0.2, 0) is 0 Å². The summed E-state index contributed by atoms with van der Waals surface area (Å²) in [5, 5.41) is 17.0. The van der Waals surface area contributed by atoms with E-state index >= 15 is 0 Å². The van der Waals surface area contributed by atoms with Crippen LogP contribution in [0.1, 0.15) is 6.92 Å². The fraction of sp³-hybridized carbons (Fsp3) is 0.286. The molecule has 2 rings (SSSR count). The van der Waals surface area contributed by atoms with Crippen molar-refractivity contribution in [2.24, 2.45) is 0 Å². The maximum absolute atomic E-state index is 12.0. The van der Waals surface area contributed by atoms with Gasteiger partial charge in [0.2, 0.25) is 0 Å². The molecule has 1 heterocycles. The van der Waals surface area contributed by atoms with Gasteiger partial charge < -0.3 is 10.0 Å². The molecule has 0 saturated carbocycles. The number of hydrogen-bond acceptors (Lipinski definition) is 3. The number of anilines is 1. The summed E-state index contributed by atoms with van der Waals surface area (Å²) in [5.41, 5.74) is 0.656. The molecule has 0 aliphatic heterocycles. The van der Waals surface area contributed by atoms with Crippen molar-refractivity contribution >= 4 is 35.1 Å². The van der Waals surface area contributed by atoms with Gasteiger partial charge in [-0.05, 0) is 25.1 Å².